The van der Waals surface area contributed by atoms with Crippen LogP contribution in [0.25, 0.3) is 0 Å². The van der Waals surface area contributed by atoms with Crippen molar-refractivity contribution in [1.82, 2.24) is 10.7 Å². The highest BCUT2D eigenvalue weighted by Crippen LogP contribution is 2.26. The van der Waals surface area contributed by atoms with Gasteiger partial charge in [-0.1, -0.05) is 20.8 Å². The van der Waals surface area contributed by atoms with E-state index in [1.54, 1.807) is 7.11 Å². The molecule has 5 heteroatoms. The molecule has 0 aliphatic rings. The molecule has 0 fully saturated rings. The van der Waals surface area contributed by atoms with Crippen LogP contribution < -0.4 is 16.6 Å². The largest absolute Gasteiger partial charge is 0.385 e. The van der Waals surface area contributed by atoms with E-state index in [4.69, 9.17) is 10.6 Å². The molecule has 0 aliphatic heterocycles. The zero-order valence-electron chi connectivity index (χ0n) is 12.8. The van der Waals surface area contributed by atoms with E-state index in [0.717, 1.165) is 12.8 Å². The maximum Gasteiger partial charge on any atom is 0.206 e. The molecule has 5 nitrogen and oxygen atoms in total. The Kier molecular flexibility index (Phi) is 7.25. The standard InChI is InChI=1S/C13H30N4O/c1-12(2,3)10-13(4,5)16-11(17-14)15-8-7-9-18-6/h7-10,14H2,1-6H3,(H2,15,16,17). The van der Waals surface area contributed by atoms with E-state index in [9.17, 15) is 0 Å². The number of rotatable bonds is 6. The molecule has 0 aromatic heterocycles. The van der Waals surface area contributed by atoms with Gasteiger partial charge in [-0.25, -0.2) is 5.84 Å². The molecule has 108 valence electrons. The Bertz CT molecular complexity index is 256. The summed E-state index contributed by atoms with van der Waals surface area (Å²) in [6, 6.07) is 0. The molecule has 0 rings (SSSR count). The van der Waals surface area contributed by atoms with Crippen molar-refractivity contribution in [2.24, 2.45) is 16.3 Å². The number of aliphatic imine (C=N–C) groups is 1. The molecule has 0 aliphatic carbocycles. The first-order valence-electron chi connectivity index (χ1n) is 6.48. The summed E-state index contributed by atoms with van der Waals surface area (Å²) < 4.78 is 4.98. The molecule has 0 bridgehead atoms. The van der Waals surface area contributed by atoms with Crippen molar-refractivity contribution in [3.63, 3.8) is 0 Å². The maximum absolute atomic E-state index is 5.48. The Labute approximate surface area is 112 Å². The van der Waals surface area contributed by atoms with E-state index in [-0.39, 0.29) is 11.0 Å². The highest BCUT2D eigenvalue weighted by Gasteiger charge is 2.26. The van der Waals surface area contributed by atoms with Gasteiger partial charge in [-0.15, -0.1) is 0 Å². The molecule has 4 N–H and O–H groups in total. The van der Waals surface area contributed by atoms with Crippen LogP contribution in [0.4, 0.5) is 0 Å². The van der Waals surface area contributed by atoms with Gasteiger partial charge < -0.3 is 10.1 Å². The molecule has 0 aromatic rings. The lowest BCUT2D eigenvalue weighted by Crippen LogP contribution is -2.52. The van der Waals surface area contributed by atoms with Crippen LogP contribution in [0, 0.1) is 5.41 Å². The van der Waals surface area contributed by atoms with Gasteiger partial charge in [0.2, 0.25) is 5.96 Å². The summed E-state index contributed by atoms with van der Waals surface area (Å²) in [5.74, 6) is 6.12. The molecule has 0 radical (unpaired) electrons. The van der Waals surface area contributed by atoms with Crippen molar-refractivity contribution < 1.29 is 4.74 Å². The summed E-state index contributed by atoms with van der Waals surface area (Å²) in [5, 5.41) is 3.35. The van der Waals surface area contributed by atoms with Crippen LogP contribution in [0.1, 0.15) is 47.5 Å². The molecule has 0 spiro atoms. The van der Waals surface area contributed by atoms with Crippen molar-refractivity contribution in [1.29, 1.82) is 0 Å². The first-order valence-corrected chi connectivity index (χ1v) is 6.48. The predicted octanol–water partition coefficient (Wildman–Crippen LogP) is 1.65. The zero-order chi connectivity index (χ0) is 14.2. The second-order valence-corrected chi connectivity index (χ2v) is 6.47. The Morgan fingerprint density at radius 2 is 1.83 bits per heavy atom. The van der Waals surface area contributed by atoms with Crippen LogP contribution in [0.15, 0.2) is 4.99 Å². The number of nitrogens with two attached hydrogens (primary N) is 1. The van der Waals surface area contributed by atoms with E-state index in [0.29, 0.717) is 19.1 Å². The Balaban J connectivity index is 4.33. The van der Waals surface area contributed by atoms with Crippen molar-refractivity contribution in [3.05, 3.63) is 0 Å². The van der Waals surface area contributed by atoms with E-state index in [1.807, 2.05) is 0 Å². The molecule has 0 unspecified atom stereocenters. The number of hydrogen-bond donors (Lipinski definition) is 3. The minimum atomic E-state index is -0.0509. The Hall–Kier alpha value is -0.810. The molecule has 18 heavy (non-hydrogen) atoms. The van der Waals surface area contributed by atoms with Crippen LogP contribution in [0.5, 0.6) is 0 Å². The monoisotopic (exact) mass is 258 g/mol. The van der Waals surface area contributed by atoms with Gasteiger partial charge in [0.05, 0.1) is 0 Å². The highest BCUT2D eigenvalue weighted by molar-refractivity contribution is 5.79. The summed E-state index contributed by atoms with van der Waals surface area (Å²) in [7, 11) is 1.69. The summed E-state index contributed by atoms with van der Waals surface area (Å²) in [5.41, 5.74) is 2.82. The summed E-state index contributed by atoms with van der Waals surface area (Å²) >= 11 is 0. The van der Waals surface area contributed by atoms with Crippen LogP contribution in [0.2, 0.25) is 0 Å². The van der Waals surface area contributed by atoms with Gasteiger partial charge in [0.25, 0.3) is 0 Å². The third kappa shape index (κ3) is 9.24. The number of nitrogens with one attached hydrogen (secondary N) is 2. The Morgan fingerprint density at radius 1 is 1.22 bits per heavy atom. The van der Waals surface area contributed by atoms with Crippen molar-refractivity contribution in [2.75, 3.05) is 20.3 Å². The van der Waals surface area contributed by atoms with Gasteiger partial charge in [0, 0.05) is 25.8 Å². The molecule has 0 heterocycles. The Morgan fingerprint density at radius 3 is 2.28 bits per heavy atom. The van der Waals surface area contributed by atoms with Gasteiger partial charge in [0.15, 0.2) is 0 Å². The SMILES string of the molecule is COCCCN=C(NN)NC(C)(C)CC(C)(C)C. The number of ether oxygens (including phenoxy) is 1. The van der Waals surface area contributed by atoms with Gasteiger partial charge in [-0.3, -0.25) is 10.4 Å². The van der Waals surface area contributed by atoms with Crippen molar-refractivity contribution in [2.45, 2.75) is 53.0 Å². The number of hydrazine groups is 1. The fraction of sp³-hybridized carbons (Fsp3) is 0.923. The minimum Gasteiger partial charge on any atom is -0.385 e. The number of hydrogen-bond acceptors (Lipinski definition) is 3. The fourth-order valence-electron chi connectivity index (χ4n) is 2.21. The zero-order valence-corrected chi connectivity index (χ0v) is 12.8. The first-order chi connectivity index (χ1) is 8.20. The molecule has 0 saturated carbocycles. The quantitative estimate of drug-likeness (QED) is 0.223. The minimum absolute atomic E-state index is 0.0509. The topological polar surface area (TPSA) is 71.7 Å². The molecule has 0 aromatic carbocycles. The molecular weight excluding hydrogens is 228 g/mol. The van der Waals surface area contributed by atoms with E-state index in [2.05, 4.69) is 50.4 Å². The van der Waals surface area contributed by atoms with Crippen molar-refractivity contribution in [3.8, 4) is 0 Å². The molecule has 0 saturated heterocycles. The van der Waals surface area contributed by atoms with Gasteiger partial charge >= 0.3 is 0 Å². The lowest BCUT2D eigenvalue weighted by molar-refractivity contribution is 0.197. The highest BCUT2D eigenvalue weighted by atomic mass is 16.5. The summed E-state index contributed by atoms with van der Waals surface area (Å²) in [6.07, 6.45) is 1.92. The number of methoxy groups -OCH3 is 1. The third-order valence-electron chi connectivity index (χ3n) is 2.34. The van der Waals surface area contributed by atoms with E-state index in [1.165, 1.54) is 0 Å². The fourth-order valence-corrected chi connectivity index (χ4v) is 2.21. The maximum atomic E-state index is 5.48. The number of nitrogens with zero attached hydrogens (tertiary/aromatic N) is 1. The lowest BCUT2D eigenvalue weighted by atomic mass is 9.82. The van der Waals surface area contributed by atoms with Crippen LogP contribution in [-0.2, 0) is 4.74 Å². The lowest BCUT2D eigenvalue weighted by Gasteiger charge is -2.34. The third-order valence-corrected chi connectivity index (χ3v) is 2.34. The van der Waals surface area contributed by atoms with Gasteiger partial charge in [0.1, 0.15) is 0 Å². The molecule has 0 amide bonds. The summed E-state index contributed by atoms with van der Waals surface area (Å²) in [4.78, 5) is 4.38. The van der Waals surface area contributed by atoms with E-state index >= 15 is 0 Å². The summed E-state index contributed by atoms with van der Waals surface area (Å²) in [6.45, 7) is 12.4. The second kappa shape index (κ2) is 7.59. The van der Waals surface area contributed by atoms with E-state index < -0.39 is 0 Å². The first kappa shape index (κ1) is 17.2. The molecular formula is C13H30N4O. The predicted molar refractivity (Wildman–Crippen MR) is 77.4 cm³/mol. The average Bonchev–Trinajstić information content (AvgIpc) is 2.18. The van der Waals surface area contributed by atoms with Crippen molar-refractivity contribution >= 4 is 5.96 Å². The second-order valence-electron chi connectivity index (χ2n) is 6.47. The average molecular weight is 258 g/mol. The number of guanidine groups is 1. The van der Waals surface area contributed by atoms with Gasteiger partial charge in [-0.05, 0) is 32.1 Å². The van der Waals surface area contributed by atoms with Crippen LogP contribution in [-0.4, -0.2) is 31.8 Å². The normalized spacial score (nSPS) is 13.6. The smallest absolute Gasteiger partial charge is 0.206 e. The van der Waals surface area contributed by atoms with Crippen LogP contribution in [0.3, 0.4) is 0 Å². The van der Waals surface area contributed by atoms with Crippen LogP contribution >= 0.6 is 0 Å². The van der Waals surface area contributed by atoms with Gasteiger partial charge in [-0.2, -0.15) is 0 Å². The molecule has 0 atom stereocenters.